The number of benzene rings is 2. The van der Waals surface area contributed by atoms with Gasteiger partial charge in [-0.2, -0.15) is 0 Å². The largest absolute Gasteiger partial charge is 0.345 e. The first kappa shape index (κ1) is 16.7. The van der Waals surface area contributed by atoms with E-state index in [0.717, 1.165) is 30.4 Å². The van der Waals surface area contributed by atoms with Gasteiger partial charge in [0, 0.05) is 12.5 Å². The Morgan fingerprint density at radius 1 is 1.12 bits per heavy atom. The molecule has 1 aliphatic rings. The third-order valence-corrected chi connectivity index (χ3v) is 4.79. The minimum absolute atomic E-state index is 0.0320. The Morgan fingerprint density at radius 2 is 1.88 bits per heavy atom. The van der Waals surface area contributed by atoms with Gasteiger partial charge in [0.2, 0.25) is 5.91 Å². The zero-order valence-corrected chi connectivity index (χ0v) is 13.6. The maximum atomic E-state index is 13.6. The summed E-state index contributed by atoms with van der Waals surface area (Å²) in [6, 6.07) is 15.8. The van der Waals surface area contributed by atoms with Crippen LogP contribution < -0.4 is 11.1 Å². The molecule has 3 rings (SSSR count). The van der Waals surface area contributed by atoms with Crippen molar-refractivity contribution in [2.75, 3.05) is 0 Å². The van der Waals surface area contributed by atoms with Gasteiger partial charge in [-0.15, -0.1) is 0 Å². The molecule has 1 unspecified atom stereocenters. The Bertz CT molecular complexity index is 689. The number of carbonyl (C=O) groups excluding carboxylic acids is 1. The molecule has 1 amide bonds. The molecule has 2 aromatic carbocycles. The lowest BCUT2D eigenvalue weighted by Gasteiger charge is -2.22. The molecule has 1 saturated carbocycles. The van der Waals surface area contributed by atoms with Gasteiger partial charge in [0.1, 0.15) is 5.82 Å². The third-order valence-electron chi connectivity index (χ3n) is 4.79. The Kier molecular flexibility index (Phi) is 5.26. The zero-order chi connectivity index (χ0) is 16.9. The van der Waals surface area contributed by atoms with E-state index < -0.39 is 0 Å². The van der Waals surface area contributed by atoms with E-state index in [1.165, 1.54) is 12.1 Å². The quantitative estimate of drug-likeness (QED) is 0.883. The molecule has 0 aromatic heterocycles. The van der Waals surface area contributed by atoms with Crippen LogP contribution in [0.2, 0.25) is 0 Å². The Hall–Kier alpha value is -2.20. The van der Waals surface area contributed by atoms with Gasteiger partial charge in [-0.25, -0.2) is 4.39 Å². The Labute approximate surface area is 142 Å². The van der Waals surface area contributed by atoms with E-state index in [9.17, 15) is 9.18 Å². The van der Waals surface area contributed by atoms with Crippen LogP contribution in [0, 0.1) is 11.7 Å². The first-order valence-corrected chi connectivity index (χ1v) is 8.49. The van der Waals surface area contributed by atoms with Crippen LogP contribution in [0.5, 0.6) is 0 Å². The number of nitrogens with one attached hydrogen (secondary N) is 1. The molecule has 4 heteroatoms. The summed E-state index contributed by atoms with van der Waals surface area (Å²) in [7, 11) is 0. The molecule has 0 bridgehead atoms. The van der Waals surface area contributed by atoms with Gasteiger partial charge in [0.05, 0.1) is 6.04 Å². The molecule has 3 nitrogen and oxygen atoms in total. The fraction of sp³-hybridized carbons (Fsp3) is 0.350. The Morgan fingerprint density at radius 3 is 2.54 bits per heavy atom. The normalized spacial score (nSPS) is 21.4. The smallest absolute Gasteiger partial charge is 0.221 e. The zero-order valence-electron chi connectivity index (χ0n) is 13.6. The van der Waals surface area contributed by atoms with Crippen LogP contribution >= 0.6 is 0 Å². The van der Waals surface area contributed by atoms with Gasteiger partial charge >= 0.3 is 0 Å². The maximum Gasteiger partial charge on any atom is 0.221 e. The predicted molar refractivity (Wildman–Crippen MR) is 92.8 cm³/mol. The highest BCUT2D eigenvalue weighted by Gasteiger charge is 2.27. The van der Waals surface area contributed by atoms with Crippen molar-refractivity contribution >= 4 is 5.91 Å². The summed E-state index contributed by atoms with van der Waals surface area (Å²) in [6.07, 6.45) is 3.51. The van der Waals surface area contributed by atoms with Gasteiger partial charge in [-0.3, -0.25) is 4.79 Å². The topological polar surface area (TPSA) is 55.1 Å². The highest BCUT2D eigenvalue weighted by Crippen LogP contribution is 2.28. The minimum Gasteiger partial charge on any atom is -0.345 e. The van der Waals surface area contributed by atoms with E-state index in [2.05, 4.69) is 5.32 Å². The molecular weight excluding hydrogens is 303 g/mol. The van der Waals surface area contributed by atoms with Crippen LogP contribution in [0.1, 0.15) is 42.9 Å². The standard InChI is InChI=1S/C20H23FN2O/c21-17-10-4-9-16(12-17)20(14-6-2-1-3-7-14)23-19(24)13-15-8-5-11-18(15)22/h1-4,6-7,9-10,12,15,18,20H,5,8,11,13,22H2,(H,23,24)/t15-,18+,20?/m0/s1. The molecule has 3 atom stereocenters. The SMILES string of the molecule is N[C@@H]1CCC[C@H]1CC(=O)NC(c1ccccc1)c1cccc(F)c1. The van der Waals surface area contributed by atoms with Crippen molar-refractivity contribution in [2.45, 2.75) is 37.8 Å². The second-order valence-electron chi connectivity index (χ2n) is 6.53. The lowest BCUT2D eigenvalue weighted by Crippen LogP contribution is -2.34. The molecule has 0 saturated heterocycles. The van der Waals surface area contributed by atoms with Crippen molar-refractivity contribution in [1.29, 1.82) is 0 Å². The molecule has 1 fully saturated rings. The van der Waals surface area contributed by atoms with E-state index in [0.29, 0.717) is 6.42 Å². The third kappa shape index (κ3) is 4.01. The number of halogens is 1. The van der Waals surface area contributed by atoms with E-state index in [-0.39, 0.29) is 29.7 Å². The summed E-state index contributed by atoms with van der Waals surface area (Å²) >= 11 is 0. The van der Waals surface area contributed by atoms with Gasteiger partial charge < -0.3 is 11.1 Å². The van der Waals surface area contributed by atoms with Crippen molar-refractivity contribution in [3.05, 3.63) is 71.5 Å². The lowest BCUT2D eigenvalue weighted by molar-refractivity contribution is -0.122. The predicted octanol–water partition coefficient (Wildman–Crippen LogP) is 3.55. The van der Waals surface area contributed by atoms with E-state index in [1.54, 1.807) is 6.07 Å². The molecule has 0 heterocycles. The second kappa shape index (κ2) is 7.58. The number of amides is 1. The molecule has 24 heavy (non-hydrogen) atoms. The fourth-order valence-corrected chi connectivity index (χ4v) is 3.47. The van der Waals surface area contributed by atoms with Crippen LogP contribution in [0.4, 0.5) is 4.39 Å². The average molecular weight is 326 g/mol. The lowest BCUT2D eigenvalue weighted by atomic mass is 9.96. The summed E-state index contributed by atoms with van der Waals surface area (Å²) in [6.45, 7) is 0. The number of carbonyl (C=O) groups is 1. The average Bonchev–Trinajstić information content (AvgIpc) is 2.98. The fourth-order valence-electron chi connectivity index (χ4n) is 3.47. The van der Waals surface area contributed by atoms with Crippen LogP contribution in [0.3, 0.4) is 0 Å². The van der Waals surface area contributed by atoms with Crippen LogP contribution in [0.25, 0.3) is 0 Å². The maximum absolute atomic E-state index is 13.6. The number of nitrogens with two attached hydrogens (primary N) is 1. The van der Waals surface area contributed by atoms with Gasteiger partial charge in [0.25, 0.3) is 0 Å². The van der Waals surface area contributed by atoms with Gasteiger partial charge in [-0.1, -0.05) is 48.9 Å². The molecule has 2 aromatic rings. The minimum atomic E-state index is -0.355. The van der Waals surface area contributed by atoms with Crippen LogP contribution in [-0.4, -0.2) is 11.9 Å². The van der Waals surface area contributed by atoms with Crippen molar-refractivity contribution in [3.63, 3.8) is 0 Å². The van der Waals surface area contributed by atoms with E-state index in [1.807, 2.05) is 36.4 Å². The van der Waals surface area contributed by atoms with Crippen LogP contribution in [0.15, 0.2) is 54.6 Å². The first-order valence-electron chi connectivity index (χ1n) is 8.49. The van der Waals surface area contributed by atoms with Crippen molar-refractivity contribution in [3.8, 4) is 0 Å². The van der Waals surface area contributed by atoms with Gasteiger partial charge in [-0.05, 0) is 42.0 Å². The molecule has 0 radical (unpaired) electrons. The summed E-state index contributed by atoms with van der Waals surface area (Å²) in [5, 5.41) is 3.06. The monoisotopic (exact) mass is 326 g/mol. The van der Waals surface area contributed by atoms with Crippen molar-refractivity contribution in [1.82, 2.24) is 5.32 Å². The second-order valence-corrected chi connectivity index (χ2v) is 6.53. The highest BCUT2D eigenvalue weighted by atomic mass is 19.1. The van der Waals surface area contributed by atoms with Crippen molar-refractivity contribution < 1.29 is 9.18 Å². The van der Waals surface area contributed by atoms with E-state index in [4.69, 9.17) is 5.73 Å². The van der Waals surface area contributed by atoms with Crippen LogP contribution in [-0.2, 0) is 4.79 Å². The number of hydrogen-bond donors (Lipinski definition) is 2. The molecular formula is C20H23FN2O. The van der Waals surface area contributed by atoms with E-state index >= 15 is 0 Å². The molecule has 3 N–H and O–H groups in total. The summed E-state index contributed by atoms with van der Waals surface area (Å²) in [5.74, 6) is -0.0927. The highest BCUT2D eigenvalue weighted by molar-refractivity contribution is 5.77. The molecule has 0 aliphatic heterocycles. The first-order chi connectivity index (χ1) is 11.6. The summed E-state index contributed by atoms with van der Waals surface area (Å²) in [4.78, 5) is 12.5. The van der Waals surface area contributed by atoms with Gasteiger partial charge in [0.15, 0.2) is 0 Å². The Balaban J connectivity index is 1.79. The molecule has 1 aliphatic carbocycles. The summed E-state index contributed by atoms with van der Waals surface area (Å²) in [5.41, 5.74) is 7.75. The number of rotatable bonds is 5. The number of hydrogen-bond acceptors (Lipinski definition) is 2. The molecule has 0 spiro atoms. The summed E-state index contributed by atoms with van der Waals surface area (Å²) < 4.78 is 13.6. The molecule has 126 valence electrons. The van der Waals surface area contributed by atoms with Crippen molar-refractivity contribution in [2.24, 2.45) is 11.7 Å².